The summed E-state index contributed by atoms with van der Waals surface area (Å²) in [5.74, 6) is 0.510. The number of aliphatic hydroxyl groups excluding tert-OH is 1. The number of morpholine rings is 1. The molecular weight excluding hydrogens is 396 g/mol. The standard InChI is InChI=1S/C20H24N2O8/c1-2-3-12-10-15(23)30-19-16(12)13(28-9-6-21-4-7-27-8-5-21)11-14-17(19)18(24)20(29-14)22(25)26/h10-11,18,20,24H,2-9H2,1H3/t18-,20-/m0/s1. The summed E-state index contributed by atoms with van der Waals surface area (Å²) in [6.45, 7) is 6.05. The van der Waals surface area contributed by atoms with Crippen LogP contribution in [0, 0.1) is 10.1 Å². The molecule has 0 amide bonds. The molecule has 2 aliphatic heterocycles. The molecule has 162 valence electrons. The maximum atomic E-state index is 12.2. The lowest BCUT2D eigenvalue weighted by molar-refractivity contribution is -0.572. The summed E-state index contributed by atoms with van der Waals surface area (Å²) in [4.78, 5) is 24.9. The Labute approximate surface area is 172 Å². The summed E-state index contributed by atoms with van der Waals surface area (Å²) in [5.41, 5.74) is 0.323. The predicted octanol–water partition coefficient (Wildman–Crippen LogP) is 1.49. The van der Waals surface area contributed by atoms with Gasteiger partial charge in [0.15, 0.2) is 11.7 Å². The second-order valence-corrected chi connectivity index (χ2v) is 7.37. The Kier molecular flexibility index (Phi) is 5.89. The largest absolute Gasteiger partial charge is 0.491 e. The number of benzene rings is 1. The predicted molar refractivity (Wildman–Crippen MR) is 106 cm³/mol. The van der Waals surface area contributed by atoms with E-state index in [-0.39, 0.29) is 16.9 Å². The molecule has 10 heteroatoms. The number of nitro groups is 1. The highest BCUT2D eigenvalue weighted by molar-refractivity contribution is 5.92. The molecule has 10 nitrogen and oxygen atoms in total. The van der Waals surface area contributed by atoms with Gasteiger partial charge in [0, 0.05) is 31.8 Å². The zero-order chi connectivity index (χ0) is 21.3. The van der Waals surface area contributed by atoms with Crippen molar-refractivity contribution in [3.63, 3.8) is 0 Å². The molecule has 4 rings (SSSR count). The van der Waals surface area contributed by atoms with Crippen molar-refractivity contribution in [2.75, 3.05) is 39.5 Å². The van der Waals surface area contributed by atoms with Crippen molar-refractivity contribution in [3.8, 4) is 11.5 Å². The molecule has 2 atom stereocenters. The van der Waals surface area contributed by atoms with Gasteiger partial charge in [-0.05, 0) is 12.0 Å². The van der Waals surface area contributed by atoms with Gasteiger partial charge >= 0.3 is 11.9 Å². The third-order valence-electron chi connectivity index (χ3n) is 5.37. The van der Waals surface area contributed by atoms with E-state index in [0.717, 1.165) is 19.5 Å². The summed E-state index contributed by atoms with van der Waals surface area (Å²) in [6, 6.07) is 2.95. The molecule has 30 heavy (non-hydrogen) atoms. The van der Waals surface area contributed by atoms with Gasteiger partial charge in [-0.2, -0.15) is 0 Å². The van der Waals surface area contributed by atoms with Gasteiger partial charge in [-0.1, -0.05) is 13.3 Å². The number of hydrogen-bond donors (Lipinski definition) is 1. The van der Waals surface area contributed by atoms with E-state index in [9.17, 15) is 20.0 Å². The van der Waals surface area contributed by atoms with Crippen LogP contribution < -0.4 is 15.1 Å². The zero-order valence-electron chi connectivity index (χ0n) is 16.7. The third-order valence-corrected chi connectivity index (χ3v) is 5.37. The Morgan fingerprint density at radius 2 is 2.10 bits per heavy atom. The average Bonchev–Trinajstić information content (AvgIpc) is 3.05. The molecule has 0 radical (unpaired) electrons. The van der Waals surface area contributed by atoms with Crippen LogP contribution in [0.1, 0.15) is 30.6 Å². The number of aliphatic hydroxyl groups is 1. The van der Waals surface area contributed by atoms with E-state index >= 15 is 0 Å². The van der Waals surface area contributed by atoms with Crippen LogP contribution in [0.4, 0.5) is 0 Å². The molecule has 0 bridgehead atoms. The molecule has 0 unspecified atom stereocenters. The highest BCUT2D eigenvalue weighted by Gasteiger charge is 2.45. The van der Waals surface area contributed by atoms with Crippen molar-refractivity contribution in [2.45, 2.75) is 32.1 Å². The van der Waals surface area contributed by atoms with Crippen LogP contribution in [0.5, 0.6) is 11.5 Å². The Morgan fingerprint density at radius 3 is 2.80 bits per heavy atom. The monoisotopic (exact) mass is 420 g/mol. The minimum atomic E-state index is -1.66. The number of nitrogens with zero attached hydrogens (tertiary/aromatic N) is 2. The van der Waals surface area contributed by atoms with Crippen LogP contribution in [-0.4, -0.2) is 60.6 Å². The fourth-order valence-electron chi connectivity index (χ4n) is 3.94. The van der Waals surface area contributed by atoms with E-state index in [0.29, 0.717) is 49.5 Å². The first-order valence-electron chi connectivity index (χ1n) is 10.0. The van der Waals surface area contributed by atoms with Crippen molar-refractivity contribution in [3.05, 3.63) is 43.8 Å². The molecule has 1 aromatic heterocycles. The first-order chi connectivity index (χ1) is 14.5. The quantitative estimate of drug-likeness (QED) is 0.403. The molecule has 0 aliphatic carbocycles. The molecule has 2 aliphatic rings. The Bertz CT molecular complexity index is 998. The summed E-state index contributed by atoms with van der Waals surface area (Å²) in [5, 5.41) is 22.3. The van der Waals surface area contributed by atoms with E-state index in [1.54, 1.807) is 6.07 Å². The zero-order valence-corrected chi connectivity index (χ0v) is 16.7. The van der Waals surface area contributed by atoms with Gasteiger partial charge in [-0.15, -0.1) is 0 Å². The molecule has 1 fully saturated rings. The van der Waals surface area contributed by atoms with Gasteiger partial charge in [-0.3, -0.25) is 15.0 Å². The Hall–Kier alpha value is -2.69. The van der Waals surface area contributed by atoms with Crippen LogP contribution in [0.2, 0.25) is 0 Å². The normalized spacial score (nSPS) is 21.4. The molecule has 1 aromatic carbocycles. The second kappa shape index (κ2) is 8.58. The molecular formula is C20H24N2O8. The van der Waals surface area contributed by atoms with Crippen molar-refractivity contribution in [1.29, 1.82) is 0 Å². The summed E-state index contributed by atoms with van der Waals surface area (Å²) >= 11 is 0. The van der Waals surface area contributed by atoms with Gasteiger partial charge in [0.1, 0.15) is 18.1 Å². The lowest BCUT2D eigenvalue weighted by atomic mass is 9.99. The summed E-state index contributed by atoms with van der Waals surface area (Å²) in [7, 11) is 0. The minimum Gasteiger partial charge on any atom is -0.491 e. The Balaban J connectivity index is 1.74. The fourth-order valence-corrected chi connectivity index (χ4v) is 3.94. The smallest absolute Gasteiger partial charge is 0.384 e. The second-order valence-electron chi connectivity index (χ2n) is 7.37. The third kappa shape index (κ3) is 3.85. The van der Waals surface area contributed by atoms with Crippen molar-refractivity contribution >= 4 is 11.0 Å². The fraction of sp³-hybridized carbons (Fsp3) is 0.550. The number of ether oxygens (including phenoxy) is 3. The van der Waals surface area contributed by atoms with Crippen LogP contribution in [0.25, 0.3) is 11.0 Å². The van der Waals surface area contributed by atoms with E-state index in [4.69, 9.17) is 18.6 Å². The lowest BCUT2D eigenvalue weighted by Crippen LogP contribution is -2.38. The Morgan fingerprint density at radius 1 is 1.33 bits per heavy atom. The van der Waals surface area contributed by atoms with E-state index < -0.39 is 22.9 Å². The topological polar surface area (TPSA) is 125 Å². The minimum absolute atomic E-state index is 0.0849. The van der Waals surface area contributed by atoms with Crippen molar-refractivity contribution < 1.29 is 28.7 Å². The first kappa shape index (κ1) is 20.6. The average molecular weight is 420 g/mol. The number of hydrogen-bond acceptors (Lipinski definition) is 9. The molecule has 1 saturated heterocycles. The number of rotatable bonds is 7. The maximum absolute atomic E-state index is 12.2. The van der Waals surface area contributed by atoms with Crippen LogP contribution in [-0.2, 0) is 11.2 Å². The summed E-state index contributed by atoms with van der Waals surface area (Å²) < 4.78 is 22.1. The van der Waals surface area contributed by atoms with Gasteiger partial charge in [-0.25, -0.2) is 4.79 Å². The molecule has 3 heterocycles. The SMILES string of the molecule is CCCc1cc(=O)oc2c3c(cc(OCCN4CCOCC4)c12)O[C@H]([N+](=O)[O-])[C@H]3O. The van der Waals surface area contributed by atoms with Gasteiger partial charge in [0.25, 0.3) is 0 Å². The van der Waals surface area contributed by atoms with Crippen LogP contribution in [0.3, 0.4) is 0 Å². The molecule has 0 saturated carbocycles. The number of aryl methyl sites for hydroxylation is 1. The highest BCUT2D eigenvalue weighted by Crippen LogP contribution is 2.46. The van der Waals surface area contributed by atoms with E-state index in [2.05, 4.69) is 4.90 Å². The molecule has 0 spiro atoms. The van der Waals surface area contributed by atoms with Gasteiger partial charge < -0.3 is 23.7 Å². The van der Waals surface area contributed by atoms with Crippen molar-refractivity contribution in [2.24, 2.45) is 0 Å². The first-order valence-corrected chi connectivity index (χ1v) is 10.0. The van der Waals surface area contributed by atoms with E-state index in [1.165, 1.54) is 6.07 Å². The summed E-state index contributed by atoms with van der Waals surface area (Å²) in [6.07, 6.45) is -1.83. The van der Waals surface area contributed by atoms with Crippen molar-refractivity contribution in [1.82, 2.24) is 4.90 Å². The van der Waals surface area contributed by atoms with E-state index in [1.807, 2.05) is 6.92 Å². The van der Waals surface area contributed by atoms with Gasteiger partial charge in [0.05, 0.1) is 29.1 Å². The lowest BCUT2D eigenvalue weighted by Gasteiger charge is -2.26. The van der Waals surface area contributed by atoms with Crippen LogP contribution in [0.15, 0.2) is 21.3 Å². The highest BCUT2D eigenvalue weighted by atomic mass is 16.7. The maximum Gasteiger partial charge on any atom is 0.384 e. The van der Waals surface area contributed by atoms with Crippen LogP contribution >= 0.6 is 0 Å². The van der Waals surface area contributed by atoms with Gasteiger partial charge in [0.2, 0.25) is 0 Å². The molecule has 1 N–H and O–H groups in total. The molecule has 2 aromatic rings. The number of fused-ring (bicyclic) bond motifs is 3.